The smallest absolute Gasteiger partial charge is 0.407 e. The standard InChI is InChI=1S/C43H46BrFN6O6/c1-43(2,3)57-40(53)47-31-13-15-32(16-14-31)51-39(52)36-23-30(45)24-46-38(36)50(41(51)54)33-11-7-10-29(22-33)35-17-12-28(21-37(35)44)25-48-18-19-49(42(55)56)34(26-48)20-27-8-5-4-6-9-27/h4-12,17,21-24,31-32,34H,13-16,18-20,25-26H2,1-3H3,(H,47,53)(H,55,56)/t31-,32+,34?. The third-order valence-electron chi connectivity index (χ3n) is 10.7. The first-order chi connectivity index (χ1) is 27.2. The molecule has 2 aliphatic rings. The minimum Gasteiger partial charge on any atom is -0.465 e. The fourth-order valence-electron chi connectivity index (χ4n) is 8.03. The summed E-state index contributed by atoms with van der Waals surface area (Å²) >= 11 is 3.78. The topological polar surface area (TPSA) is 139 Å². The van der Waals surface area contributed by atoms with E-state index in [1.54, 1.807) is 31.7 Å². The molecule has 57 heavy (non-hydrogen) atoms. The van der Waals surface area contributed by atoms with Gasteiger partial charge in [-0.1, -0.05) is 70.5 Å². The van der Waals surface area contributed by atoms with Crippen LogP contribution in [-0.2, 0) is 17.7 Å². The molecule has 1 saturated heterocycles. The summed E-state index contributed by atoms with van der Waals surface area (Å²) in [4.78, 5) is 60.8. The van der Waals surface area contributed by atoms with Crippen molar-refractivity contribution >= 4 is 39.1 Å². The van der Waals surface area contributed by atoms with Crippen molar-refractivity contribution in [2.45, 2.75) is 83.1 Å². The Bertz CT molecular complexity index is 2410. The van der Waals surface area contributed by atoms with E-state index in [4.69, 9.17) is 4.74 Å². The minimum absolute atomic E-state index is 0.00487. The zero-order chi connectivity index (χ0) is 40.4. The maximum atomic E-state index is 14.6. The zero-order valence-electron chi connectivity index (χ0n) is 32.2. The van der Waals surface area contributed by atoms with Crippen molar-refractivity contribution < 1.29 is 23.8 Å². The molecular weight excluding hydrogens is 795 g/mol. The number of carbonyl (C=O) groups is 2. The molecule has 7 rings (SSSR count). The highest BCUT2D eigenvalue weighted by Gasteiger charge is 2.31. The summed E-state index contributed by atoms with van der Waals surface area (Å²) in [5.41, 5.74) is 2.54. The highest BCUT2D eigenvalue weighted by atomic mass is 79.9. The number of piperazine rings is 1. The quantitative estimate of drug-likeness (QED) is 0.164. The van der Waals surface area contributed by atoms with Crippen LogP contribution in [0.25, 0.3) is 27.8 Å². The lowest BCUT2D eigenvalue weighted by Crippen LogP contribution is -2.55. The largest absolute Gasteiger partial charge is 0.465 e. The number of pyridine rings is 1. The summed E-state index contributed by atoms with van der Waals surface area (Å²) in [5, 5.41) is 12.8. The van der Waals surface area contributed by atoms with Crippen LogP contribution in [0, 0.1) is 5.82 Å². The third kappa shape index (κ3) is 9.12. The molecule has 2 fully saturated rings. The Labute approximate surface area is 338 Å². The Morgan fingerprint density at radius 2 is 1.70 bits per heavy atom. The van der Waals surface area contributed by atoms with E-state index in [2.05, 4.69) is 37.2 Å². The van der Waals surface area contributed by atoms with Gasteiger partial charge in [-0.15, -0.1) is 0 Å². The highest BCUT2D eigenvalue weighted by molar-refractivity contribution is 9.10. The molecule has 298 valence electrons. The summed E-state index contributed by atoms with van der Waals surface area (Å²) in [6, 6.07) is 23.7. The average molecular weight is 842 g/mol. The van der Waals surface area contributed by atoms with Gasteiger partial charge in [0.15, 0.2) is 5.65 Å². The number of halogens is 2. The molecule has 3 heterocycles. The van der Waals surface area contributed by atoms with Gasteiger partial charge in [0.1, 0.15) is 11.4 Å². The second-order valence-electron chi connectivity index (χ2n) is 15.9. The lowest BCUT2D eigenvalue weighted by molar-refractivity contribution is 0.0487. The van der Waals surface area contributed by atoms with Crippen molar-refractivity contribution in [3.05, 3.63) is 127 Å². The molecule has 1 saturated carbocycles. The number of hydrogen-bond acceptors (Lipinski definition) is 7. The number of carboxylic acid groups (broad SMARTS) is 1. The predicted molar refractivity (Wildman–Crippen MR) is 219 cm³/mol. The second kappa shape index (κ2) is 16.6. The molecule has 1 aliphatic heterocycles. The van der Waals surface area contributed by atoms with E-state index in [0.29, 0.717) is 64.0 Å². The number of nitrogens with zero attached hydrogens (tertiary/aromatic N) is 5. The van der Waals surface area contributed by atoms with E-state index in [0.717, 1.165) is 39.0 Å². The van der Waals surface area contributed by atoms with Gasteiger partial charge in [-0.3, -0.25) is 14.3 Å². The van der Waals surface area contributed by atoms with Crippen molar-refractivity contribution in [1.29, 1.82) is 0 Å². The van der Waals surface area contributed by atoms with Crippen LogP contribution in [0.3, 0.4) is 0 Å². The average Bonchev–Trinajstić information content (AvgIpc) is 3.16. The molecule has 5 aromatic rings. The first-order valence-electron chi connectivity index (χ1n) is 19.2. The number of alkyl carbamates (subject to hydrolysis) is 1. The van der Waals surface area contributed by atoms with Crippen LogP contribution in [0.1, 0.15) is 63.6 Å². The summed E-state index contributed by atoms with van der Waals surface area (Å²) < 4.78 is 23.4. The Morgan fingerprint density at radius 1 is 0.947 bits per heavy atom. The first kappa shape index (κ1) is 39.9. The molecule has 14 heteroatoms. The van der Waals surface area contributed by atoms with Crippen LogP contribution in [0.5, 0.6) is 0 Å². The van der Waals surface area contributed by atoms with Crippen LogP contribution in [0.2, 0.25) is 0 Å². The number of amides is 2. The maximum absolute atomic E-state index is 14.6. The van der Waals surface area contributed by atoms with Crippen molar-refractivity contribution in [3.63, 3.8) is 0 Å². The van der Waals surface area contributed by atoms with E-state index < -0.39 is 40.9 Å². The predicted octanol–water partition coefficient (Wildman–Crippen LogP) is 7.53. The van der Waals surface area contributed by atoms with Gasteiger partial charge < -0.3 is 20.1 Å². The van der Waals surface area contributed by atoms with Gasteiger partial charge in [-0.2, -0.15) is 0 Å². The molecule has 1 unspecified atom stereocenters. The number of fused-ring (bicyclic) bond motifs is 1. The van der Waals surface area contributed by atoms with Crippen LogP contribution in [-0.4, -0.2) is 78.5 Å². The van der Waals surface area contributed by atoms with Gasteiger partial charge in [0.2, 0.25) is 0 Å². The number of rotatable bonds is 8. The molecule has 2 aromatic heterocycles. The van der Waals surface area contributed by atoms with E-state index in [1.165, 1.54) is 9.13 Å². The number of nitrogens with one attached hydrogen (secondary N) is 1. The van der Waals surface area contributed by atoms with Crippen molar-refractivity contribution in [3.8, 4) is 16.8 Å². The van der Waals surface area contributed by atoms with Gasteiger partial charge >= 0.3 is 17.9 Å². The molecule has 1 atom stereocenters. The number of hydrogen-bond donors (Lipinski definition) is 2. The number of carbonyl (C=O) groups excluding carboxylic acids is 1. The fraction of sp³-hybridized carbons (Fsp3) is 0.372. The monoisotopic (exact) mass is 840 g/mol. The fourth-order valence-corrected chi connectivity index (χ4v) is 8.68. The molecule has 12 nitrogen and oxygen atoms in total. The van der Waals surface area contributed by atoms with Crippen LogP contribution < -0.4 is 16.6 Å². The Balaban J connectivity index is 1.13. The molecular formula is C43H46BrFN6O6. The van der Waals surface area contributed by atoms with Crippen LogP contribution in [0.15, 0.2) is 99.1 Å². The van der Waals surface area contributed by atoms with Gasteiger partial charge in [-0.05, 0) is 99.4 Å². The molecule has 0 spiro atoms. The number of benzene rings is 3. The van der Waals surface area contributed by atoms with E-state index in [-0.39, 0.29) is 23.1 Å². The zero-order valence-corrected chi connectivity index (χ0v) is 33.7. The van der Waals surface area contributed by atoms with Gasteiger partial charge in [0, 0.05) is 42.7 Å². The SMILES string of the molecule is CC(C)(C)OC(=O)N[C@H]1CC[C@@H](n2c(=O)c3cc(F)cnc3n(-c3cccc(-c4ccc(CN5CCN(C(=O)O)C(Cc6ccccc6)C5)cc4Br)c3)c2=O)CC1. The second-order valence-corrected chi connectivity index (χ2v) is 16.7. The first-order valence-corrected chi connectivity index (χ1v) is 20.0. The highest BCUT2D eigenvalue weighted by Crippen LogP contribution is 2.32. The van der Waals surface area contributed by atoms with Gasteiger partial charge in [-0.25, -0.2) is 28.3 Å². The van der Waals surface area contributed by atoms with E-state index in [9.17, 15) is 28.7 Å². The van der Waals surface area contributed by atoms with Crippen molar-refractivity contribution in [2.75, 3.05) is 19.6 Å². The van der Waals surface area contributed by atoms with Crippen LogP contribution in [0.4, 0.5) is 14.0 Å². The normalized spacial score (nSPS) is 19.0. The van der Waals surface area contributed by atoms with Gasteiger partial charge in [0.25, 0.3) is 5.56 Å². The molecule has 2 amide bonds. The van der Waals surface area contributed by atoms with E-state index >= 15 is 0 Å². The third-order valence-corrected chi connectivity index (χ3v) is 11.3. The number of ether oxygens (including phenoxy) is 1. The molecule has 3 aromatic carbocycles. The van der Waals surface area contributed by atoms with Gasteiger partial charge in [0.05, 0.1) is 23.3 Å². The summed E-state index contributed by atoms with van der Waals surface area (Å²) in [6.07, 6.45) is 2.18. The minimum atomic E-state index is -0.904. The summed E-state index contributed by atoms with van der Waals surface area (Å²) in [5.74, 6) is -0.685. The summed E-state index contributed by atoms with van der Waals surface area (Å²) in [7, 11) is 0. The molecule has 2 N–H and O–H groups in total. The maximum Gasteiger partial charge on any atom is 0.407 e. The molecule has 1 aliphatic carbocycles. The Kier molecular flexibility index (Phi) is 11.6. The lowest BCUT2D eigenvalue weighted by Gasteiger charge is -2.40. The molecule has 0 radical (unpaired) electrons. The van der Waals surface area contributed by atoms with Crippen molar-refractivity contribution in [1.82, 2.24) is 29.2 Å². The molecule has 0 bridgehead atoms. The number of aromatic nitrogens is 3. The van der Waals surface area contributed by atoms with Crippen LogP contribution >= 0.6 is 15.9 Å². The lowest BCUT2D eigenvalue weighted by atomic mass is 9.91. The van der Waals surface area contributed by atoms with Crippen molar-refractivity contribution in [2.24, 2.45) is 0 Å². The Morgan fingerprint density at radius 3 is 2.40 bits per heavy atom. The summed E-state index contributed by atoms with van der Waals surface area (Å²) in [6.45, 7) is 7.67. The van der Waals surface area contributed by atoms with E-state index in [1.807, 2.05) is 60.7 Å². The Hall–Kier alpha value is -5.34.